The molecule has 5 nitrogen and oxygen atoms in total. The number of hydrogen-bond donors (Lipinski definition) is 1. The lowest BCUT2D eigenvalue weighted by molar-refractivity contribution is -0.428. The number of carboxylic acid groups (broad SMARTS) is 1. The molecule has 0 amide bonds. The van der Waals surface area contributed by atoms with Crippen LogP contribution in [-0.4, -0.2) is 16.0 Å². The van der Waals surface area contributed by atoms with E-state index in [1.807, 2.05) is 24.3 Å². The zero-order chi connectivity index (χ0) is 18.8. The van der Waals surface area contributed by atoms with Gasteiger partial charge < -0.3 is 5.11 Å². The Kier molecular flexibility index (Phi) is 15.2. The number of carboxylic acids is 1. The van der Waals surface area contributed by atoms with Crippen molar-refractivity contribution in [1.82, 2.24) is 0 Å². The second kappa shape index (κ2) is 16.7. The Morgan fingerprint density at radius 3 is 2.08 bits per heavy atom. The summed E-state index contributed by atoms with van der Waals surface area (Å²) >= 11 is 0. The van der Waals surface area contributed by atoms with Crippen molar-refractivity contribution in [2.45, 2.75) is 71.1 Å². The van der Waals surface area contributed by atoms with Crippen LogP contribution in [0.25, 0.3) is 0 Å². The molecule has 0 fully saturated rings. The fraction of sp³-hybridized carbons (Fsp3) is 0.550. The van der Waals surface area contributed by atoms with Crippen LogP contribution in [0.4, 0.5) is 0 Å². The average molecular weight is 349 g/mol. The number of hydrogen-bond acceptors (Lipinski definition) is 3. The van der Waals surface area contributed by atoms with E-state index >= 15 is 0 Å². The maximum atomic E-state index is 10.9. The van der Waals surface area contributed by atoms with Gasteiger partial charge in [0.2, 0.25) is 5.70 Å². The number of carbonyl (C=O) groups is 1. The van der Waals surface area contributed by atoms with Crippen LogP contribution in [0.2, 0.25) is 0 Å². The molecule has 0 bridgehead atoms. The van der Waals surface area contributed by atoms with Gasteiger partial charge in [0, 0.05) is 12.8 Å². The van der Waals surface area contributed by atoms with E-state index in [0.29, 0.717) is 25.0 Å². The average Bonchev–Trinajstić information content (AvgIpc) is 2.56. The lowest BCUT2D eigenvalue weighted by Crippen LogP contribution is -1.98. The zero-order valence-electron chi connectivity index (χ0n) is 15.2. The van der Waals surface area contributed by atoms with Crippen molar-refractivity contribution in [2.75, 3.05) is 0 Å². The van der Waals surface area contributed by atoms with Crippen molar-refractivity contribution in [3.63, 3.8) is 0 Å². The first-order valence-corrected chi connectivity index (χ1v) is 9.08. The van der Waals surface area contributed by atoms with Crippen LogP contribution in [0.1, 0.15) is 71.1 Å². The molecule has 0 rings (SSSR count). The molecule has 0 aliphatic rings. The highest BCUT2D eigenvalue weighted by Crippen LogP contribution is 2.10. The van der Waals surface area contributed by atoms with Gasteiger partial charge in [-0.25, -0.2) is 0 Å². The van der Waals surface area contributed by atoms with Gasteiger partial charge in [0.15, 0.2) is 0 Å². The Morgan fingerprint density at radius 1 is 0.920 bits per heavy atom. The molecular weight excluding hydrogens is 318 g/mol. The monoisotopic (exact) mass is 349 g/mol. The van der Waals surface area contributed by atoms with E-state index < -0.39 is 5.97 Å². The molecule has 0 unspecified atom stereocenters. The molecule has 0 aromatic heterocycles. The predicted molar refractivity (Wildman–Crippen MR) is 102 cm³/mol. The van der Waals surface area contributed by atoms with Crippen molar-refractivity contribution in [3.8, 4) is 0 Å². The molecule has 0 radical (unpaired) electrons. The Morgan fingerprint density at radius 2 is 1.52 bits per heavy atom. The third-order valence-corrected chi connectivity index (χ3v) is 3.57. The van der Waals surface area contributed by atoms with Crippen LogP contribution in [0, 0.1) is 10.1 Å². The molecule has 0 saturated heterocycles. The fourth-order valence-electron chi connectivity index (χ4n) is 2.16. The molecule has 5 heteroatoms. The Hall–Kier alpha value is -2.17. The minimum Gasteiger partial charge on any atom is -0.481 e. The second-order valence-electron chi connectivity index (χ2n) is 5.82. The van der Waals surface area contributed by atoms with Crippen molar-refractivity contribution < 1.29 is 14.8 Å². The minimum absolute atomic E-state index is 0.218. The summed E-state index contributed by atoms with van der Waals surface area (Å²) in [6.07, 6.45) is 21.3. The van der Waals surface area contributed by atoms with Gasteiger partial charge in [0.1, 0.15) is 0 Å². The van der Waals surface area contributed by atoms with Crippen LogP contribution in [0.3, 0.4) is 0 Å². The first kappa shape index (κ1) is 22.8. The molecule has 0 aliphatic heterocycles. The molecule has 0 aliphatic carbocycles. The molecule has 0 saturated carbocycles. The largest absolute Gasteiger partial charge is 0.481 e. The first-order valence-electron chi connectivity index (χ1n) is 9.08. The molecule has 0 atom stereocenters. The molecule has 1 N–H and O–H groups in total. The van der Waals surface area contributed by atoms with Gasteiger partial charge in [-0.3, -0.25) is 14.9 Å². The Balaban J connectivity index is 3.85. The van der Waals surface area contributed by atoms with Crippen molar-refractivity contribution >= 4 is 5.97 Å². The van der Waals surface area contributed by atoms with Crippen LogP contribution in [0.5, 0.6) is 0 Å². The number of unbranched alkanes of at least 4 members (excludes halogenated alkanes) is 3. The number of aliphatic carboxylic acids is 1. The summed E-state index contributed by atoms with van der Waals surface area (Å²) in [6.45, 7) is 2.08. The molecule has 0 heterocycles. The van der Waals surface area contributed by atoms with Crippen LogP contribution >= 0.6 is 0 Å². The van der Waals surface area contributed by atoms with Crippen LogP contribution in [0.15, 0.2) is 48.2 Å². The van der Waals surface area contributed by atoms with Gasteiger partial charge in [0.05, 0.1) is 4.92 Å². The van der Waals surface area contributed by atoms with Crippen molar-refractivity contribution in [3.05, 3.63) is 58.3 Å². The van der Waals surface area contributed by atoms with E-state index in [4.69, 9.17) is 5.11 Å². The number of nitrogens with zero attached hydrogens (tertiary/aromatic N) is 1. The highest BCUT2D eigenvalue weighted by molar-refractivity contribution is 5.66. The van der Waals surface area contributed by atoms with Crippen LogP contribution < -0.4 is 0 Å². The van der Waals surface area contributed by atoms with E-state index in [2.05, 4.69) is 19.1 Å². The third kappa shape index (κ3) is 16.5. The minimum atomic E-state index is -0.749. The third-order valence-electron chi connectivity index (χ3n) is 3.57. The smallest absolute Gasteiger partial charge is 0.303 e. The SMILES string of the molecule is CCCCCC(=CCC=CCC=CCC=CCCCC(=O)O)[N+](=O)[O-]. The molecule has 140 valence electrons. The quantitative estimate of drug-likeness (QED) is 0.175. The van der Waals surface area contributed by atoms with E-state index in [1.165, 1.54) is 0 Å². The maximum Gasteiger partial charge on any atom is 0.303 e. The molecule has 25 heavy (non-hydrogen) atoms. The summed E-state index contributed by atoms with van der Waals surface area (Å²) in [5, 5.41) is 19.4. The zero-order valence-corrected chi connectivity index (χ0v) is 15.2. The van der Waals surface area contributed by atoms with Gasteiger partial charge in [-0.05, 0) is 44.6 Å². The van der Waals surface area contributed by atoms with E-state index in [-0.39, 0.29) is 11.3 Å². The summed E-state index contributed by atoms with van der Waals surface area (Å²) in [6, 6.07) is 0. The first-order chi connectivity index (χ1) is 12.1. The van der Waals surface area contributed by atoms with Crippen molar-refractivity contribution in [1.29, 1.82) is 0 Å². The van der Waals surface area contributed by atoms with E-state index in [1.54, 1.807) is 6.08 Å². The van der Waals surface area contributed by atoms with Gasteiger partial charge in [0.25, 0.3) is 0 Å². The van der Waals surface area contributed by atoms with Gasteiger partial charge in [-0.15, -0.1) is 0 Å². The standard InChI is InChI=1S/C20H31NO4/c1-2-3-13-16-19(21(24)25)17-14-11-9-7-5-4-6-8-10-12-15-18-20(22)23/h4-5,8-11,17H,2-3,6-7,12-16,18H2,1H3,(H,22,23). The van der Waals surface area contributed by atoms with Gasteiger partial charge >= 0.3 is 5.97 Å². The van der Waals surface area contributed by atoms with Crippen molar-refractivity contribution in [2.24, 2.45) is 0 Å². The lowest BCUT2D eigenvalue weighted by Gasteiger charge is -1.97. The predicted octanol–water partition coefficient (Wildman–Crippen LogP) is 5.82. The normalized spacial score (nSPS) is 12.6. The Bertz CT molecular complexity index is 490. The maximum absolute atomic E-state index is 10.9. The highest BCUT2D eigenvalue weighted by Gasteiger charge is 2.08. The molecule has 0 aromatic rings. The molecular formula is C20H31NO4. The fourth-order valence-corrected chi connectivity index (χ4v) is 2.16. The summed E-state index contributed by atoms with van der Waals surface area (Å²) in [7, 11) is 0. The topological polar surface area (TPSA) is 80.4 Å². The summed E-state index contributed by atoms with van der Waals surface area (Å²) < 4.78 is 0. The summed E-state index contributed by atoms with van der Waals surface area (Å²) in [5.74, 6) is -0.749. The molecule has 0 spiro atoms. The summed E-state index contributed by atoms with van der Waals surface area (Å²) in [4.78, 5) is 21.0. The highest BCUT2D eigenvalue weighted by atomic mass is 16.6. The molecule has 0 aromatic carbocycles. The van der Waals surface area contributed by atoms with Gasteiger partial charge in [-0.1, -0.05) is 56.2 Å². The van der Waals surface area contributed by atoms with E-state index in [0.717, 1.165) is 38.5 Å². The second-order valence-corrected chi connectivity index (χ2v) is 5.82. The number of allylic oxidation sites excluding steroid dienone is 8. The van der Waals surface area contributed by atoms with Crippen LogP contribution in [-0.2, 0) is 4.79 Å². The number of rotatable bonds is 15. The lowest BCUT2D eigenvalue weighted by atomic mass is 10.1. The Labute approximate surface area is 151 Å². The summed E-state index contributed by atoms with van der Waals surface area (Å²) in [5.41, 5.74) is 0.321. The van der Waals surface area contributed by atoms with E-state index in [9.17, 15) is 14.9 Å². The van der Waals surface area contributed by atoms with Gasteiger partial charge in [-0.2, -0.15) is 0 Å². The number of nitro groups is 1.